The molecule has 0 aromatic carbocycles. The highest BCUT2D eigenvalue weighted by Crippen LogP contribution is 2.40. The molecule has 0 heterocycles. The predicted octanol–water partition coefficient (Wildman–Crippen LogP) is 2.14. The number of aliphatic carboxylic acids is 1. The molecule has 0 aromatic heterocycles. The zero-order chi connectivity index (χ0) is 13.1. The molecule has 0 bridgehead atoms. The van der Waals surface area contributed by atoms with Crippen LogP contribution in [0, 0.1) is 17.8 Å². The molecule has 4 nitrogen and oxygen atoms in total. The Labute approximate surface area is 108 Å². The molecule has 0 radical (unpaired) electrons. The van der Waals surface area contributed by atoms with Gasteiger partial charge in [-0.05, 0) is 18.8 Å². The summed E-state index contributed by atoms with van der Waals surface area (Å²) in [6.45, 7) is 0.784. The second-order valence-electron chi connectivity index (χ2n) is 5.84. The molecule has 2 unspecified atom stereocenters. The number of carbonyl (C=O) groups is 2. The van der Waals surface area contributed by atoms with Gasteiger partial charge in [-0.3, -0.25) is 9.59 Å². The average molecular weight is 253 g/mol. The Morgan fingerprint density at radius 1 is 1.17 bits per heavy atom. The van der Waals surface area contributed by atoms with Crippen molar-refractivity contribution in [2.45, 2.75) is 44.9 Å². The number of carboxylic acids is 1. The van der Waals surface area contributed by atoms with Gasteiger partial charge >= 0.3 is 5.97 Å². The molecule has 2 atom stereocenters. The van der Waals surface area contributed by atoms with E-state index in [0.717, 1.165) is 18.9 Å². The minimum absolute atomic E-state index is 0.0261. The van der Waals surface area contributed by atoms with E-state index in [1.807, 2.05) is 7.05 Å². The Balaban J connectivity index is 1.69. The Kier molecular flexibility index (Phi) is 4.25. The van der Waals surface area contributed by atoms with Gasteiger partial charge in [-0.2, -0.15) is 0 Å². The average Bonchev–Trinajstić information content (AvgIpc) is 3.16. The Bertz CT molecular complexity index is 323. The predicted molar refractivity (Wildman–Crippen MR) is 68.1 cm³/mol. The lowest BCUT2D eigenvalue weighted by atomic mass is 9.87. The molecule has 2 fully saturated rings. The zero-order valence-corrected chi connectivity index (χ0v) is 11.1. The highest BCUT2D eigenvalue weighted by Gasteiger charge is 2.49. The number of nitrogens with zero attached hydrogens (tertiary/aromatic N) is 1. The maximum absolute atomic E-state index is 12.0. The van der Waals surface area contributed by atoms with Crippen LogP contribution in [0.4, 0.5) is 0 Å². The quantitative estimate of drug-likeness (QED) is 0.816. The fraction of sp³-hybridized carbons (Fsp3) is 0.857. The lowest BCUT2D eigenvalue weighted by Crippen LogP contribution is -2.31. The van der Waals surface area contributed by atoms with E-state index >= 15 is 0 Å². The molecular formula is C14H23NO3. The second kappa shape index (κ2) is 5.72. The van der Waals surface area contributed by atoms with Crippen LogP contribution < -0.4 is 0 Å². The summed E-state index contributed by atoms with van der Waals surface area (Å²) in [6.07, 6.45) is 8.20. The highest BCUT2D eigenvalue weighted by atomic mass is 16.4. The number of amides is 1. The summed E-state index contributed by atoms with van der Waals surface area (Å²) in [5.41, 5.74) is 0. The fourth-order valence-electron chi connectivity index (χ4n) is 2.99. The van der Waals surface area contributed by atoms with E-state index in [1.165, 1.54) is 32.1 Å². The first-order valence-electron chi connectivity index (χ1n) is 7.07. The van der Waals surface area contributed by atoms with Crippen LogP contribution in [0.1, 0.15) is 44.9 Å². The lowest BCUT2D eigenvalue weighted by molar-refractivity contribution is -0.141. The van der Waals surface area contributed by atoms with E-state index in [-0.39, 0.29) is 11.8 Å². The molecule has 102 valence electrons. The molecular weight excluding hydrogens is 230 g/mol. The molecule has 2 aliphatic carbocycles. The van der Waals surface area contributed by atoms with E-state index in [2.05, 4.69) is 0 Å². The first kappa shape index (κ1) is 13.4. The molecule has 0 saturated heterocycles. The van der Waals surface area contributed by atoms with Crippen LogP contribution in [0.15, 0.2) is 0 Å². The van der Waals surface area contributed by atoms with E-state index in [0.29, 0.717) is 6.42 Å². The van der Waals surface area contributed by atoms with Gasteiger partial charge in [0.1, 0.15) is 0 Å². The van der Waals surface area contributed by atoms with Crippen molar-refractivity contribution in [1.82, 2.24) is 4.90 Å². The molecule has 18 heavy (non-hydrogen) atoms. The summed E-state index contributed by atoms with van der Waals surface area (Å²) >= 11 is 0. The van der Waals surface area contributed by atoms with Crippen molar-refractivity contribution in [2.24, 2.45) is 17.8 Å². The van der Waals surface area contributed by atoms with Gasteiger partial charge in [-0.15, -0.1) is 0 Å². The molecule has 2 aliphatic rings. The molecule has 2 saturated carbocycles. The lowest BCUT2D eigenvalue weighted by Gasteiger charge is -2.24. The van der Waals surface area contributed by atoms with Crippen molar-refractivity contribution >= 4 is 11.9 Å². The summed E-state index contributed by atoms with van der Waals surface area (Å²) in [5.74, 6) is -0.704. The van der Waals surface area contributed by atoms with Crippen LogP contribution in [-0.4, -0.2) is 35.5 Å². The van der Waals surface area contributed by atoms with Crippen LogP contribution >= 0.6 is 0 Å². The third kappa shape index (κ3) is 3.24. The first-order valence-corrected chi connectivity index (χ1v) is 7.07. The van der Waals surface area contributed by atoms with Gasteiger partial charge in [-0.25, -0.2) is 0 Å². The number of hydrogen-bond donors (Lipinski definition) is 1. The number of rotatable bonds is 5. The van der Waals surface area contributed by atoms with Crippen LogP contribution in [0.25, 0.3) is 0 Å². The van der Waals surface area contributed by atoms with Gasteiger partial charge in [0.15, 0.2) is 0 Å². The standard InChI is InChI=1S/C14H23NO3/c1-15(8-7-10-5-3-2-4-6-10)13(16)11-9-12(11)14(17)18/h10-12H,2-9H2,1H3,(H,17,18). The molecule has 2 rings (SSSR count). The molecule has 0 spiro atoms. The van der Waals surface area contributed by atoms with Crippen LogP contribution in [-0.2, 0) is 9.59 Å². The molecule has 0 aliphatic heterocycles. The maximum Gasteiger partial charge on any atom is 0.307 e. The van der Waals surface area contributed by atoms with Crippen LogP contribution in [0.5, 0.6) is 0 Å². The summed E-state index contributed by atoms with van der Waals surface area (Å²) in [4.78, 5) is 24.4. The van der Waals surface area contributed by atoms with Gasteiger partial charge in [0.05, 0.1) is 11.8 Å². The second-order valence-corrected chi connectivity index (χ2v) is 5.84. The maximum atomic E-state index is 12.0. The summed E-state index contributed by atoms with van der Waals surface area (Å²) in [5, 5.41) is 8.82. The van der Waals surface area contributed by atoms with E-state index < -0.39 is 11.9 Å². The number of hydrogen-bond acceptors (Lipinski definition) is 2. The van der Waals surface area contributed by atoms with Crippen molar-refractivity contribution in [2.75, 3.05) is 13.6 Å². The Morgan fingerprint density at radius 3 is 2.39 bits per heavy atom. The monoisotopic (exact) mass is 253 g/mol. The van der Waals surface area contributed by atoms with Crippen molar-refractivity contribution in [3.05, 3.63) is 0 Å². The molecule has 0 aromatic rings. The van der Waals surface area contributed by atoms with Crippen molar-refractivity contribution in [3.8, 4) is 0 Å². The van der Waals surface area contributed by atoms with Crippen LogP contribution in [0.2, 0.25) is 0 Å². The van der Waals surface area contributed by atoms with E-state index in [9.17, 15) is 9.59 Å². The van der Waals surface area contributed by atoms with Gasteiger partial charge in [0.2, 0.25) is 5.91 Å². The van der Waals surface area contributed by atoms with Crippen molar-refractivity contribution < 1.29 is 14.7 Å². The molecule has 1 amide bonds. The first-order chi connectivity index (χ1) is 8.59. The fourth-order valence-corrected chi connectivity index (χ4v) is 2.99. The smallest absolute Gasteiger partial charge is 0.307 e. The number of carboxylic acid groups (broad SMARTS) is 1. The summed E-state index contributed by atoms with van der Waals surface area (Å²) in [6, 6.07) is 0. The van der Waals surface area contributed by atoms with Gasteiger partial charge in [0.25, 0.3) is 0 Å². The topological polar surface area (TPSA) is 57.6 Å². The van der Waals surface area contributed by atoms with Gasteiger partial charge in [-0.1, -0.05) is 32.1 Å². The van der Waals surface area contributed by atoms with Crippen LogP contribution in [0.3, 0.4) is 0 Å². The van der Waals surface area contributed by atoms with Gasteiger partial charge in [0, 0.05) is 13.6 Å². The third-order valence-corrected chi connectivity index (χ3v) is 4.40. The minimum atomic E-state index is -0.825. The van der Waals surface area contributed by atoms with Crippen molar-refractivity contribution in [3.63, 3.8) is 0 Å². The normalized spacial score (nSPS) is 27.8. The number of carbonyl (C=O) groups excluding carboxylic acids is 1. The summed E-state index contributed by atoms with van der Waals surface area (Å²) in [7, 11) is 1.81. The Morgan fingerprint density at radius 2 is 1.83 bits per heavy atom. The van der Waals surface area contributed by atoms with Crippen molar-refractivity contribution in [1.29, 1.82) is 0 Å². The summed E-state index contributed by atoms with van der Waals surface area (Å²) < 4.78 is 0. The van der Waals surface area contributed by atoms with E-state index in [1.54, 1.807) is 4.90 Å². The molecule has 1 N–H and O–H groups in total. The minimum Gasteiger partial charge on any atom is -0.481 e. The Hall–Kier alpha value is -1.06. The van der Waals surface area contributed by atoms with E-state index in [4.69, 9.17) is 5.11 Å². The van der Waals surface area contributed by atoms with Gasteiger partial charge < -0.3 is 10.0 Å². The molecule has 4 heteroatoms. The SMILES string of the molecule is CN(CCC1CCCCC1)C(=O)C1CC1C(=O)O. The zero-order valence-electron chi connectivity index (χ0n) is 11.1. The largest absolute Gasteiger partial charge is 0.481 e. The highest BCUT2D eigenvalue weighted by molar-refractivity contribution is 5.89. The third-order valence-electron chi connectivity index (χ3n) is 4.40.